The Morgan fingerprint density at radius 2 is 1.92 bits per heavy atom. The van der Waals surface area contributed by atoms with Crippen LogP contribution in [0.2, 0.25) is 5.15 Å². The third-order valence-electron chi connectivity index (χ3n) is 4.62. The molecule has 126 valence electrons. The second kappa shape index (κ2) is 8.27. The first-order valence-electron chi connectivity index (χ1n) is 8.48. The maximum Gasteiger partial charge on any atom is 0.279 e. The number of benzene rings is 1. The van der Waals surface area contributed by atoms with Crippen LogP contribution in [0.1, 0.15) is 18.4 Å². The molecule has 0 unspecified atom stereocenters. The number of nitrogens with one attached hydrogen (secondary N) is 2. The molecule has 24 heavy (non-hydrogen) atoms. The first-order chi connectivity index (χ1) is 11.7. The van der Waals surface area contributed by atoms with Crippen molar-refractivity contribution in [1.29, 1.82) is 0 Å². The van der Waals surface area contributed by atoms with Crippen LogP contribution < -0.4 is 10.2 Å². The number of hydrogen-bond acceptors (Lipinski definition) is 2. The van der Waals surface area contributed by atoms with Crippen molar-refractivity contribution in [2.75, 3.05) is 25.0 Å². The van der Waals surface area contributed by atoms with Gasteiger partial charge in [0, 0.05) is 6.20 Å². The van der Waals surface area contributed by atoms with Crippen molar-refractivity contribution in [2.45, 2.75) is 19.3 Å². The first-order valence-corrected chi connectivity index (χ1v) is 8.86. The molecule has 0 radical (unpaired) electrons. The predicted octanol–water partition coefficient (Wildman–Crippen LogP) is 2.21. The summed E-state index contributed by atoms with van der Waals surface area (Å²) in [5, 5.41) is 3.19. The highest BCUT2D eigenvalue weighted by molar-refractivity contribution is 6.32. The summed E-state index contributed by atoms with van der Waals surface area (Å²) in [6.07, 6.45) is 5.10. The number of hydrogen-bond donors (Lipinski definition) is 2. The number of amides is 1. The minimum atomic E-state index is 0.00130. The lowest BCUT2D eigenvalue weighted by atomic mass is 9.90. The Labute approximate surface area is 147 Å². The maximum absolute atomic E-state index is 12.2. The van der Waals surface area contributed by atoms with Gasteiger partial charge in [-0.1, -0.05) is 41.9 Å². The molecular formula is C19H23ClN3O+. The van der Waals surface area contributed by atoms with Crippen LogP contribution in [0.4, 0.5) is 5.69 Å². The molecule has 0 atom stereocenters. The van der Waals surface area contributed by atoms with E-state index in [0.717, 1.165) is 25.4 Å². The Bertz CT molecular complexity index is 669. The molecule has 1 aromatic carbocycles. The van der Waals surface area contributed by atoms with Crippen molar-refractivity contribution in [3.63, 3.8) is 0 Å². The summed E-state index contributed by atoms with van der Waals surface area (Å²) in [4.78, 5) is 17.5. The van der Waals surface area contributed by atoms with Crippen LogP contribution in [0, 0.1) is 5.92 Å². The zero-order chi connectivity index (χ0) is 16.8. The van der Waals surface area contributed by atoms with E-state index in [2.05, 4.69) is 40.6 Å². The second-order valence-electron chi connectivity index (χ2n) is 6.45. The summed E-state index contributed by atoms with van der Waals surface area (Å²) in [6.45, 7) is 2.58. The van der Waals surface area contributed by atoms with Crippen molar-refractivity contribution >= 4 is 23.2 Å². The smallest absolute Gasteiger partial charge is 0.279 e. The van der Waals surface area contributed by atoms with E-state index >= 15 is 0 Å². The van der Waals surface area contributed by atoms with Crippen LogP contribution in [-0.4, -0.2) is 30.5 Å². The van der Waals surface area contributed by atoms with E-state index in [-0.39, 0.29) is 5.91 Å². The number of piperidine rings is 1. The number of aromatic nitrogens is 1. The van der Waals surface area contributed by atoms with E-state index in [1.165, 1.54) is 23.3 Å². The Kier molecular flexibility index (Phi) is 5.83. The number of likely N-dealkylation sites (tertiary alicyclic amines) is 1. The molecule has 2 N–H and O–H groups in total. The molecule has 5 heteroatoms. The van der Waals surface area contributed by atoms with Gasteiger partial charge in [-0.2, -0.15) is 0 Å². The molecule has 1 amide bonds. The third kappa shape index (κ3) is 4.79. The minimum Gasteiger partial charge on any atom is -0.327 e. The van der Waals surface area contributed by atoms with E-state index in [1.54, 1.807) is 18.3 Å². The largest absolute Gasteiger partial charge is 0.327 e. The average Bonchev–Trinajstić information content (AvgIpc) is 2.60. The van der Waals surface area contributed by atoms with Crippen molar-refractivity contribution in [1.82, 2.24) is 4.98 Å². The van der Waals surface area contributed by atoms with Crippen LogP contribution in [-0.2, 0) is 11.2 Å². The molecule has 3 rings (SSSR count). The minimum absolute atomic E-state index is 0.00130. The van der Waals surface area contributed by atoms with Crippen LogP contribution in [0.15, 0.2) is 48.7 Å². The maximum atomic E-state index is 12.2. The molecule has 0 aliphatic carbocycles. The van der Waals surface area contributed by atoms with Gasteiger partial charge >= 0.3 is 0 Å². The quantitative estimate of drug-likeness (QED) is 0.817. The number of anilines is 1. The van der Waals surface area contributed by atoms with E-state index in [9.17, 15) is 4.79 Å². The fourth-order valence-electron chi connectivity index (χ4n) is 3.31. The SMILES string of the molecule is O=C(C[NH+]1CCC(Cc2ccccc2)CC1)Nc1cccnc1Cl. The molecule has 0 bridgehead atoms. The molecule has 2 aromatic rings. The number of pyridine rings is 1. The summed E-state index contributed by atoms with van der Waals surface area (Å²) in [5.41, 5.74) is 2.00. The monoisotopic (exact) mass is 344 g/mol. The Morgan fingerprint density at radius 1 is 1.17 bits per heavy atom. The lowest BCUT2D eigenvalue weighted by Crippen LogP contribution is -3.14. The fraction of sp³-hybridized carbons (Fsp3) is 0.368. The number of nitrogens with zero attached hydrogens (tertiary/aromatic N) is 1. The molecule has 4 nitrogen and oxygen atoms in total. The van der Waals surface area contributed by atoms with Gasteiger partial charge < -0.3 is 10.2 Å². The van der Waals surface area contributed by atoms with Crippen molar-refractivity contribution < 1.29 is 9.69 Å². The topological polar surface area (TPSA) is 46.4 Å². The molecular weight excluding hydrogens is 322 g/mol. The lowest BCUT2D eigenvalue weighted by Gasteiger charge is -2.29. The van der Waals surface area contributed by atoms with Gasteiger partial charge in [0.25, 0.3) is 5.91 Å². The summed E-state index contributed by atoms with van der Waals surface area (Å²) in [6, 6.07) is 14.2. The highest BCUT2D eigenvalue weighted by atomic mass is 35.5. The van der Waals surface area contributed by atoms with Crippen molar-refractivity contribution in [3.05, 3.63) is 59.4 Å². The molecule has 1 aliphatic rings. The highest BCUT2D eigenvalue weighted by Gasteiger charge is 2.24. The number of quaternary nitrogens is 1. The van der Waals surface area contributed by atoms with Crippen LogP contribution in [0.5, 0.6) is 0 Å². The normalized spacial score (nSPS) is 20.5. The Balaban J connectivity index is 1.43. The van der Waals surface area contributed by atoms with Gasteiger partial charge in [-0.05, 0) is 42.9 Å². The van der Waals surface area contributed by atoms with Crippen molar-refractivity contribution in [2.24, 2.45) is 5.92 Å². The molecule has 1 fully saturated rings. The van der Waals surface area contributed by atoms with Gasteiger partial charge in [-0.25, -0.2) is 4.98 Å². The Hall–Kier alpha value is -1.91. The summed E-state index contributed by atoms with van der Waals surface area (Å²) < 4.78 is 0. The molecule has 1 aromatic heterocycles. The van der Waals surface area contributed by atoms with Gasteiger partial charge in [0.1, 0.15) is 0 Å². The zero-order valence-electron chi connectivity index (χ0n) is 13.7. The van der Waals surface area contributed by atoms with Crippen LogP contribution in [0.3, 0.4) is 0 Å². The van der Waals surface area contributed by atoms with Crippen LogP contribution >= 0.6 is 11.6 Å². The Morgan fingerprint density at radius 3 is 2.62 bits per heavy atom. The number of rotatable bonds is 5. The highest BCUT2D eigenvalue weighted by Crippen LogP contribution is 2.18. The van der Waals surface area contributed by atoms with E-state index in [0.29, 0.717) is 17.4 Å². The van der Waals surface area contributed by atoms with Gasteiger partial charge in [-0.15, -0.1) is 0 Å². The average molecular weight is 345 g/mol. The van der Waals surface area contributed by atoms with Crippen molar-refractivity contribution in [3.8, 4) is 0 Å². The molecule has 1 aliphatic heterocycles. The fourth-order valence-corrected chi connectivity index (χ4v) is 3.48. The first kappa shape index (κ1) is 16.9. The van der Waals surface area contributed by atoms with Gasteiger partial charge in [0.2, 0.25) is 0 Å². The molecule has 2 heterocycles. The number of carbonyl (C=O) groups excluding carboxylic acids is 1. The summed E-state index contributed by atoms with van der Waals surface area (Å²) in [7, 11) is 0. The number of halogens is 1. The van der Waals surface area contributed by atoms with E-state index in [1.807, 2.05) is 0 Å². The summed E-state index contributed by atoms with van der Waals surface area (Å²) in [5.74, 6) is 0.730. The predicted molar refractivity (Wildman–Crippen MR) is 96.3 cm³/mol. The van der Waals surface area contributed by atoms with Gasteiger partial charge in [0.15, 0.2) is 11.7 Å². The van der Waals surface area contributed by atoms with Gasteiger partial charge in [0.05, 0.1) is 18.8 Å². The van der Waals surface area contributed by atoms with E-state index < -0.39 is 0 Å². The van der Waals surface area contributed by atoms with Gasteiger partial charge in [-0.3, -0.25) is 4.79 Å². The van der Waals surface area contributed by atoms with Crippen LogP contribution in [0.25, 0.3) is 0 Å². The standard InChI is InChI=1S/C19H22ClN3O/c20-19-17(7-4-10-21-19)22-18(24)14-23-11-8-16(9-12-23)13-15-5-2-1-3-6-15/h1-7,10,16H,8-9,11-14H2,(H,22,24)/p+1. The molecule has 0 saturated carbocycles. The summed E-state index contributed by atoms with van der Waals surface area (Å²) >= 11 is 5.97. The molecule has 0 spiro atoms. The second-order valence-corrected chi connectivity index (χ2v) is 6.81. The lowest BCUT2D eigenvalue weighted by molar-refractivity contribution is -0.898. The third-order valence-corrected chi connectivity index (χ3v) is 4.92. The molecule has 1 saturated heterocycles. The number of carbonyl (C=O) groups is 1. The zero-order valence-corrected chi connectivity index (χ0v) is 14.4. The van der Waals surface area contributed by atoms with E-state index in [4.69, 9.17) is 11.6 Å².